The molecule has 0 radical (unpaired) electrons. The molecule has 47 heavy (non-hydrogen) atoms. The van der Waals surface area contributed by atoms with Crippen molar-refractivity contribution in [2.75, 3.05) is 4.90 Å². The molecule has 3 heteroatoms. The SMILES string of the molecule is CC1(C)c2ccccc2N(c2ccccc2)c2c1ccc1c3ccccc3n(-c3cc(-c4ccccc4)cc(-c4ccccc4)n3)c21. The van der Waals surface area contributed by atoms with Crippen LogP contribution in [0.5, 0.6) is 0 Å². The largest absolute Gasteiger partial charge is 0.308 e. The highest BCUT2D eigenvalue weighted by Crippen LogP contribution is 2.55. The summed E-state index contributed by atoms with van der Waals surface area (Å²) < 4.78 is 2.41. The fourth-order valence-corrected chi connectivity index (χ4v) is 7.50. The van der Waals surface area contributed by atoms with E-state index in [1.807, 2.05) is 0 Å². The monoisotopic (exact) mass is 603 g/mol. The molecule has 0 unspecified atom stereocenters. The quantitative estimate of drug-likeness (QED) is 0.200. The number of hydrogen-bond acceptors (Lipinski definition) is 2. The highest BCUT2D eigenvalue weighted by atomic mass is 15.2. The summed E-state index contributed by atoms with van der Waals surface area (Å²) in [6, 6.07) is 58.7. The number of rotatable bonds is 4. The second-order valence-electron chi connectivity index (χ2n) is 12.9. The molecule has 0 N–H and O–H groups in total. The van der Waals surface area contributed by atoms with Crippen LogP contribution in [0.3, 0.4) is 0 Å². The Labute approximate surface area is 275 Å². The Kier molecular flexibility index (Phi) is 6.16. The van der Waals surface area contributed by atoms with E-state index < -0.39 is 0 Å². The van der Waals surface area contributed by atoms with Gasteiger partial charge in [-0.3, -0.25) is 4.57 Å². The zero-order valence-corrected chi connectivity index (χ0v) is 26.4. The minimum absolute atomic E-state index is 0.221. The molecule has 3 heterocycles. The number of para-hydroxylation sites is 3. The average Bonchev–Trinajstić information content (AvgIpc) is 3.48. The van der Waals surface area contributed by atoms with Gasteiger partial charge in [0.2, 0.25) is 0 Å². The van der Waals surface area contributed by atoms with E-state index in [0.717, 1.165) is 44.9 Å². The summed E-state index contributed by atoms with van der Waals surface area (Å²) in [7, 11) is 0. The summed E-state index contributed by atoms with van der Waals surface area (Å²) in [5.41, 5.74) is 12.6. The van der Waals surface area contributed by atoms with Crippen LogP contribution in [0.25, 0.3) is 50.0 Å². The Morgan fingerprint density at radius 2 is 1.15 bits per heavy atom. The van der Waals surface area contributed by atoms with Gasteiger partial charge in [0.25, 0.3) is 0 Å². The normalized spacial score (nSPS) is 13.4. The fraction of sp³-hybridized carbons (Fsp3) is 0.0682. The van der Waals surface area contributed by atoms with Crippen molar-refractivity contribution in [3.8, 4) is 28.2 Å². The molecule has 9 rings (SSSR count). The van der Waals surface area contributed by atoms with E-state index in [1.54, 1.807) is 0 Å². The standard InChI is InChI=1S/C44H33N3/c1-44(2)36-23-13-15-25-40(36)46(33-20-10-5-11-21-33)43-37(44)27-26-35-34-22-12-14-24-39(34)47(42(35)43)41-29-32(30-16-6-3-7-17-30)28-38(45-41)31-18-8-4-9-19-31/h3-29H,1-2H3. The topological polar surface area (TPSA) is 21.1 Å². The molecule has 0 saturated carbocycles. The zero-order chi connectivity index (χ0) is 31.5. The second kappa shape index (κ2) is 10.6. The summed E-state index contributed by atoms with van der Waals surface area (Å²) in [5, 5.41) is 2.42. The van der Waals surface area contributed by atoms with Crippen molar-refractivity contribution in [3.05, 3.63) is 175 Å². The molecule has 0 amide bonds. The van der Waals surface area contributed by atoms with Gasteiger partial charge in [0.1, 0.15) is 5.82 Å². The molecule has 2 aromatic heterocycles. The van der Waals surface area contributed by atoms with E-state index in [2.05, 4.69) is 187 Å². The van der Waals surface area contributed by atoms with Gasteiger partial charge in [-0.15, -0.1) is 0 Å². The number of benzene rings is 6. The maximum Gasteiger partial charge on any atom is 0.138 e. The van der Waals surface area contributed by atoms with Gasteiger partial charge in [-0.25, -0.2) is 4.98 Å². The van der Waals surface area contributed by atoms with E-state index in [0.29, 0.717) is 0 Å². The predicted molar refractivity (Wildman–Crippen MR) is 196 cm³/mol. The Morgan fingerprint density at radius 3 is 1.91 bits per heavy atom. The molecule has 0 atom stereocenters. The zero-order valence-electron chi connectivity index (χ0n) is 26.4. The van der Waals surface area contributed by atoms with E-state index in [9.17, 15) is 0 Å². The first kappa shape index (κ1) is 27.4. The smallest absolute Gasteiger partial charge is 0.138 e. The molecule has 3 nitrogen and oxygen atoms in total. The predicted octanol–water partition coefficient (Wildman–Crippen LogP) is 11.6. The lowest BCUT2D eigenvalue weighted by atomic mass is 9.73. The minimum Gasteiger partial charge on any atom is -0.308 e. The van der Waals surface area contributed by atoms with Crippen LogP contribution in [0, 0.1) is 0 Å². The van der Waals surface area contributed by atoms with Gasteiger partial charge in [0, 0.05) is 27.4 Å². The number of fused-ring (bicyclic) bond motifs is 6. The molecule has 0 fully saturated rings. The van der Waals surface area contributed by atoms with Crippen LogP contribution in [0.4, 0.5) is 17.1 Å². The molecule has 224 valence electrons. The fourth-order valence-electron chi connectivity index (χ4n) is 7.50. The lowest BCUT2D eigenvalue weighted by molar-refractivity contribution is 0.633. The van der Waals surface area contributed by atoms with Gasteiger partial charge < -0.3 is 4.90 Å². The number of aromatic nitrogens is 2. The first-order chi connectivity index (χ1) is 23.1. The molecule has 6 aromatic carbocycles. The Morgan fingerprint density at radius 1 is 0.511 bits per heavy atom. The van der Waals surface area contributed by atoms with Crippen molar-refractivity contribution in [1.29, 1.82) is 0 Å². The average molecular weight is 604 g/mol. The first-order valence-corrected chi connectivity index (χ1v) is 16.2. The van der Waals surface area contributed by atoms with Gasteiger partial charge in [-0.05, 0) is 58.7 Å². The summed E-state index contributed by atoms with van der Waals surface area (Å²) in [6.07, 6.45) is 0. The van der Waals surface area contributed by atoms with Crippen LogP contribution in [0.2, 0.25) is 0 Å². The van der Waals surface area contributed by atoms with Crippen molar-refractivity contribution < 1.29 is 0 Å². The maximum absolute atomic E-state index is 5.44. The van der Waals surface area contributed by atoms with E-state index in [4.69, 9.17) is 4.98 Å². The van der Waals surface area contributed by atoms with Crippen molar-refractivity contribution in [2.24, 2.45) is 0 Å². The van der Waals surface area contributed by atoms with Gasteiger partial charge in [-0.1, -0.05) is 141 Å². The van der Waals surface area contributed by atoms with Crippen LogP contribution in [0.15, 0.2) is 164 Å². The summed E-state index contributed by atoms with van der Waals surface area (Å²) in [4.78, 5) is 7.91. The number of nitrogens with zero attached hydrogens (tertiary/aromatic N) is 3. The minimum atomic E-state index is -0.221. The molecule has 0 saturated heterocycles. The van der Waals surface area contributed by atoms with Crippen LogP contribution >= 0.6 is 0 Å². The summed E-state index contributed by atoms with van der Waals surface area (Å²) >= 11 is 0. The molecule has 1 aliphatic rings. The summed E-state index contributed by atoms with van der Waals surface area (Å²) in [6.45, 7) is 4.71. The van der Waals surface area contributed by atoms with E-state index in [1.165, 1.54) is 33.3 Å². The van der Waals surface area contributed by atoms with Crippen LogP contribution in [-0.2, 0) is 5.41 Å². The van der Waals surface area contributed by atoms with Gasteiger partial charge in [0.05, 0.1) is 28.1 Å². The lowest BCUT2D eigenvalue weighted by Crippen LogP contribution is -2.31. The molecule has 0 aliphatic carbocycles. The van der Waals surface area contributed by atoms with E-state index >= 15 is 0 Å². The van der Waals surface area contributed by atoms with Crippen molar-refractivity contribution in [3.63, 3.8) is 0 Å². The number of pyridine rings is 1. The number of hydrogen-bond donors (Lipinski definition) is 0. The third kappa shape index (κ3) is 4.24. The van der Waals surface area contributed by atoms with Crippen LogP contribution < -0.4 is 4.90 Å². The van der Waals surface area contributed by atoms with Crippen molar-refractivity contribution in [2.45, 2.75) is 19.3 Å². The Bertz CT molecular complexity index is 2370. The highest BCUT2D eigenvalue weighted by Gasteiger charge is 2.39. The molecule has 0 bridgehead atoms. The molecule has 1 aliphatic heterocycles. The lowest BCUT2D eigenvalue weighted by Gasteiger charge is -2.42. The van der Waals surface area contributed by atoms with E-state index in [-0.39, 0.29) is 5.41 Å². The first-order valence-electron chi connectivity index (χ1n) is 16.2. The van der Waals surface area contributed by atoms with Crippen molar-refractivity contribution >= 4 is 38.9 Å². The third-order valence-corrected chi connectivity index (χ3v) is 9.76. The molecule has 0 spiro atoms. The Balaban J connectivity index is 1.44. The van der Waals surface area contributed by atoms with Crippen LogP contribution in [0.1, 0.15) is 25.0 Å². The molecular formula is C44H33N3. The third-order valence-electron chi connectivity index (χ3n) is 9.76. The number of anilines is 3. The van der Waals surface area contributed by atoms with Gasteiger partial charge >= 0.3 is 0 Å². The molecule has 8 aromatic rings. The summed E-state index contributed by atoms with van der Waals surface area (Å²) in [5.74, 6) is 0.898. The molecular weight excluding hydrogens is 571 g/mol. The second-order valence-corrected chi connectivity index (χ2v) is 12.9. The highest BCUT2D eigenvalue weighted by molar-refractivity contribution is 6.16. The Hall–Kier alpha value is -5.93. The van der Waals surface area contributed by atoms with Crippen LogP contribution in [-0.4, -0.2) is 9.55 Å². The van der Waals surface area contributed by atoms with Crippen molar-refractivity contribution in [1.82, 2.24) is 9.55 Å². The van der Waals surface area contributed by atoms with Gasteiger partial charge in [0.15, 0.2) is 0 Å². The maximum atomic E-state index is 5.44. The van der Waals surface area contributed by atoms with Gasteiger partial charge in [-0.2, -0.15) is 0 Å².